The van der Waals surface area contributed by atoms with Crippen molar-refractivity contribution in [1.82, 2.24) is 15.1 Å². The summed E-state index contributed by atoms with van der Waals surface area (Å²) in [5.41, 5.74) is 0.197. The Morgan fingerprint density at radius 2 is 2.00 bits per heavy atom. The van der Waals surface area contributed by atoms with Crippen LogP contribution in [-0.4, -0.2) is 39.6 Å². The van der Waals surface area contributed by atoms with E-state index < -0.39 is 42.3 Å². The van der Waals surface area contributed by atoms with Crippen molar-refractivity contribution in [2.75, 3.05) is 11.9 Å². The zero-order valence-electron chi connectivity index (χ0n) is 16.7. The summed E-state index contributed by atoms with van der Waals surface area (Å²) >= 11 is 0. The SMILES string of the molecule is N#Cc1cc(NC(=O)[C@H]2c3ccccc3C(=O)N(CC(F)(F)F)[C@@H]2c2cn[nH]c2)ccc1F. The van der Waals surface area contributed by atoms with Crippen molar-refractivity contribution in [3.8, 4) is 6.07 Å². The van der Waals surface area contributed by atoms with Crippen molar-refractivity contribution in [2.45, 2.75) is 18.1 Å². The van der Waals surface area contributed by atoms with E-state index in [9.17, 15) is 27.2 Å². The summed E-state index contributed by atoms with van der Waals surface area (Å²) in [4.78, 5) is 27.0. The molecule has 2 aromatic carbocycles. The first-order chi connectivity index (χ1) is 15.7. The van der Waals surface area contributed by atoms with E-state index in [1.54, 1.807) is 12.1 Å². The quantitative estimate of drug-likeness (QED) is 0.580. The molecule has 2 heterocycles. The Balaban J connectivity index is 1.82. The number of aromatic nitrogens is 2. The largest absolute Gasteiger partial charge is 0.406 e. The summed E-state index contributed by atoms with van der Waals surface area (Å²) in [7, 11) is 0. The van der Waals surface area contributed by atoms with Crippen molar-refractivity contribution in [3.05, 3.63) is 82.9 Å². The minimum absolute atomic E-state index is 0.0292. The van der Waals surface area contributed by atoms with Crippen molar-refractivity contribution in [1.29, 1.82) is 5.26 Å². The van der Waals surface area contributed by atoms with Crippen LogP contribution >= 0.6 is 0 Å². The number of halogens is 4. The Bertz CT molecular complexity index is 1250. The van der Waals surface area contributed by atoms with E-state index in [4.69, 9.17) is 5.26 Å². The fourth-order valence-corrected chi connectivity index (χ4v) is 3.95. The topological polar surface area (TPSA) is 102 Å². The van der Waals surface area contributed by atoms with Crippen molar-refractivity contribution in [3.63, 3.8) is 0 Å². The number of nitrogens with one attached hydrogen (secondary N) is 2. The van der Waals surface area contributed by atoms with Gasteiger partial charge < -0.3 is 10.2 Å². The number of hydrogen-bond acceptors (Lipinski definition) is 4. The van der Waals surface area contributed by atoms with Crippen molar-refractivity contribution >= 4 is 17.5 Å². The van der Waals surface area contributed by atoms with Gasteiger partial charge in [-0.3, -0.25) is 14.7 Å². The minimum Gasteiger partial charge on any atom is -0.325 e. The van der Waals surface area contributed by atoms with Gasteiger partial charge in [-0.25, -0.2) is 4.39 Å². The highest BCUT2D eigenvalue weighted by atomic mass is 19.4. The number of carbonyl (C=O) groups excluding carboxylic acids is 2. The van der Waals surface area contributed by atoms with Crippen LogP contribution in [0.25, 0.3) is 0 Å². The molecule has 33 heavy (non-hydrogen) atoms. The number of carbonyl (C=O) groups is 2. The molecule has 1 aliphatic heterocycles. The molecule has 4 rings (SSSR count). The predicted molar refractivity (Wildman–Crippen MR) is 107 cm³/mol. The molecule has 3 aromatic rings. The number of hydrogen-bond donors (Lipinski definition) is 2. The number of H-pyrrole nitrogens is 1. The fourth-order valence-electron chi connectivity index (χ4n) is 3.95. The fraction of sp³-hybridized carbons (Fsp3) is 0.182. The Morgan fingerprint density at radius 3 is 2.67 bits per heavy atom. The number of rotatable bonds is 4. The smallest absolute Gasteiger partial charge is 0.325 e. The molecule has 11 heteroatoms. The minimum atomic E-state index is -4.72. The summed E-state index contributed by atoms with van der Waals surface area (Å²) in [5.74, 6) is -3.62. The van der Waals surface area contributed by atoms with Gasteiger partial charge in [0, 0.05) is 23.0 Å². The van der Waals surface area contributed by atoms with Gasteiger partial charge >= 0.3 is 6.18 Å². The van der Waals surface area contributed by atoms with E-state index in [2.05, 4.69) is 15.5 Å². The summed E-state index contributed by atoms with van der Waals surface area (Å²) in [6, 6.07) is 9.61. The third-order valence-electron chi connectivity index (χ3n) is 5.29. The zero-order valence-corrected chi connectivity index (χ0v) is 16.7. The van der Waals surface area contributed by atoms with E-state index >= 15 is 0 Å². The predicted octanol–water partition coefficient (Wildman–Crippen LogP) is 3.90. The lowest BCUT2D eigenvalue weighted by Gasteiger charge is -2.41. The Morgan fingerprint density at radius 1 is 1.24 bits per heavy atom. The van der Waals surface area contributed by atoms with Gasteiger partial charge in [-0.1, -0.05) is 18.2 Å². The van der Waals surface area contributed by atoms with Crippen LogP contribution in [0.15, 0.2) is 54.9 Å². The third-order valence-corrected chi connectivity index (χ3v) is 5.29. The van der Waals surface area contributed by atoms with E-state index in [-0.39, 0.29) is 27.9 Å². The molecule has 0 spiro atoms. The molecule has 168 valence electrons. The standard InChI is InChI=1S/C22H15F4N5O2/c23-17-6-5-14(7-12(17)8-27)30-20(32)18-15-3-1-2-4-16(15)21(33)31(11-22(24,25)26)19(18)13-9-28-29-10-13/h1-7,9-10,18-19H,11H2,(H,28,29)(H,30,32)/t18-,19+/m0/s1. The molecule has 0 saturated carbocycles. The second-order valence-corrected chi connectivity index (χ2v) is 7.39. The number of amides is 2. The number of nitriles is 1. The van der Waals surface area contributed by atoms with Gasteiger partial charge in [0.2, 0.25) is 5.91 Å². The van der Waals surface area contributed by atoms with E-state index in [0.29, 0.717) is 4.90 Å². The zero-order chi connectivity index (χ0) is 23.8. The summed E-state index contributed by atoms with van der Waals surface area (Å²) in [6.45, 7) is -1.57. The van der Waals surface area contributed by atoms with E-state index in [1.165, 1.54) is 36.7 Å². The molecule has 0 bridgehead atoms. The molecule has 0 fully saturated rings. The first kappa shape index (κ1) is 22.0. The van der Waals surface area contributed by atoms with Gasteiger partial charge in [0.1, 0.15) is 18.4 Å². The van der Waals surface area contributed by atoms with Crippen LogP contribution < -0.4 is 5.32 Å². The summed E-state index contributed by atoms with van der Waals surface area (Å²) < 4.78 is 53.9. The van der Waals surface area contributed by atoms with Crippen LogP contribution in [-0.2, 0) is 4.79 Å². The second-order valence-electron chi connectivity index (χ2n) is 7.39. The number of aromatic amines is 1. The van der Waals surface area contributed by atoms with Gasteiger partial charge in [-0.05, 0) is 29.8 Å². The molecule has 0 saturated heterocycles. The average molecular weight is 457 g/mol. The molecule has 0 unspecified atom stereocenters. The van der Waals surface area contributed by atoms with Gasteiger partial charge in [0.25, 0.3) is 5.91 Å². The lowest BCUT2D eigenvalue weighted by Crippen LogP contribution is -2.49. The maximum absolute atomic E-state index is 13.7. The summed E-state index contributed by atoms with van der Waals surface area (Å²) in [5, 5.41) is 17.8. The maximum Gasteiger partial charge on any atom is 0.406 e. The Hall–Kier alpha value is -4.20. The number of nitrogens with zero attached hydrogens (tertiary/aromatic N) is 3. The number of alkyl halides is 3. The van der Waals surface area contributed by atoms with Crippen LogP contribution in [0.3, 0.4) is 0 Å². The van der Waals surface area contributed by atoms with Crippen LogP contribution in [0.5, 0.6) is 0 Å². The molecular formula is C22H15F4N5O2. The van der Waals surface area contributed by atoms with Crippen LogP contribution in [0.4, 0.5) is 23.2 Å². The molecule has 7 nitrogen and oxygen atoms in total. The van der Waals surface area contributed by atoms with Gasteiger partial charge in [-0.15, -0.1) is 0 Å². The lowest BCUT2D eigenvalue weighted by atomic mass is 9.79. The van der Waals surface area contributed by atoms with Crippen molar-refractivity contribution < 1.29 is 27.2 Å². The number of fused-ring (bicyclic) bond motifs is 1. The third kappa shape index (κ3) is 4.27. The Kier molecular flexibility index (Phi) is 5.59. The molecule has 2 atom stereocenters. The van der Waals surface area contributed by atoms with Gasteiger partial charge in [0.05, 0.1) is 23.7 Å². The first-order valence-electron chi connectivity index (χ1n) is 9.65. The lowest BCUT2D eigenvalue weighted by molar-refractivity contribution is -0.148. The van der Waals surface area contributed by atoms with Crippen molar-refractivity contribution in [2.24, 2.45) is 0 Å². The van der Waals surface area contributed by atoms with E-state index in [0.717, 1.165) is 12.1 Å². The maximum atomic E-state index is 13.7. The number of benzene rings is 2. The highest BCUT2D eigenvalue weighted by Crippen LogP contribution is 2.44. The van der Waals surface area contributed by atoms with Gasteiger partial charge in [0.15, 0.2) is 0 Å². The first-order valence-corrected chi connectivity index (χ1v) is 9.65. The molecule has 0 aliphatic carbocycles. The molecule has 1 aromatic heterocycles. The number of anilines is 1. The Labute approximate surface area is 184 Å². The molecule has 1 aliphatic rings. The molecule has 2 amide bonds. The molecular weight excluding hydrogens is 442 g/mol. The highest BCUT2D eigenvalue weighted by Gasteiger charge is 2.48. The van der Waals surface area contributed by atoms with Gasteiger partial charge in [-0.2, -0.15) is 23.5 Å². The van der Waals surface area contributed by atoms with E-state index in [1.807, 2.05) is 0 Å². The molecule has 2 N–H and O–H groups in total. The summed E-state index contributed by atoms with van der Waals surface area (Å²) in [6.07, 6.45) is -2.15. The normalized spacial score (nSPS) is 17.9. The molecule has 0 radical (unpaired) electrons. The second kappa shape index (κ2) is 8.38. The van der Waals surface area contributed by atoms with Crippen LogP contribution in [0.2, 0.25) is 0 Å². The monoisotopic (exact) mass is 457 g/mol. The van der Waals surface area contributed by atoms with Crippen LogP contribution in [0, 0.1) is 17.1 Å². The highest BCUT2D eigenvalue weighted by molar-refractivity contribution is 6.04. The van der Waals surface area contributed by atoms with Crippen LogP contribution in [0.1, 0.15) is 39.0 Å². The average Bonchev–Trinajstić information content (AvgIpc) is 3.30.